The molecule has 14 heavy (non-hydrogen) atoms. The fraction of sp³-hybridized carbons (Fsp3) is 1.00. The largest absolute Gasteiger partial charge is 0.309 e. The first kappa shape index (κ1) is 19.8. The summed E-state index contributed by atoms with van der Waals surface area (Å²) in [5, 5.41) is 0. The van der Waals surface area contributed by atoms with Crippen molar-refractivity contribution in [2.75, 3.05) is 32.6 Å². The molecule has 0 bridgehead atoms. The van der Waals surface area contributed by atoms with Gasteiger partial charge in [0, 0.05) is 12.3 Å². The third-order valence-electron chi connectivity index (χ3n) is 1.56. The molecule has 90 valence electrons. The number of hydrogen-bond acceptors (Lipinski definition) is 2. The lowest BCUT2D eigenvalue weighted by atomic mass is 10.2. The molecule has 0 unspecified atom stereocenters. The number of hydrogen-bond donors (Lipinski definition) is 0. The SMILES string of the molecule is CC.CCC(C)C.CSCCN(C)C. The average molecular weight is 221 g/mol. The third kappa shape index (κ3) is 39.5. The highest BCUT2D eigenvalue weighted by Crippen LogP contribution is 1.93. The summed E-state index contributed by atoms with van der Waals surface area (Å²) in [6.07, 6.45) is 3.43. The summed E-state index contributed by atoms with van der Waals surface area (Å²) in [4.78, 5) is 2.19. The second-order valence-corrected chi connectivity index (χ2v) is 4.58. The Morgan fingerprint density at radius 1 is 1.14 bits per heavy atom. The summed E-state index contributed by atoms with van der Waals surface area (Å²) in [5.41, 5.74) is 0. The van der Waals surface area contributed by atoms with E-state index in [-0.39, 0.29) is 0 Å². The van der Waals surface area contributed by atoms with Crippen LogP contribution in [0.15, 0.2) is 0 Å². The van der Waals surface area contributed by atoms with Crippen LogP contribution in [0.2, 0.25) is 0 Å². The normalized spacial score (nSPS) is 9.00. The van der Waals surface area contributed by atoms with Crippen molar-refractivity contribution in [2.24, 2.45) is 5.92 Å². The van der Waals surface area contributed by atoms with Crippen LogP contribution in [0, 0.1) is 5.92 Å². The van der Waals surface area contributed by atoms with E-state index in [4.69, 9.17) is 0 Å². The molecule has 0 amide bonds. The van der Waals surface area contributed by atoms with E-state index in [2.05, 4.69) is 46.0 Å². The minimum atomic E-state index is 0.884. The van der Waals surface area contributed by atoms with Gasteiger partial charge in [-0.05, 0) is 26.3 Å². The predicted molar refractivity (Wildman–Crippen MR) is 73.4 cm³/mol. The molecule has 0 atom stereocenters. The van der Waals surface area contributed by atoms with E-state index >= 15 is 0 Å². The van der Waals surface area contributed by atoms with Crippen molar-refractivity contribution in [1.82, 2.24) is 4.90 Å². The van der Waals surface area contributed by atoms with Crippen molar-refractivity contribution in [3.05, 3.63) is 0 Å². The second-order valence-electron chi connectivity index (χ2n) is 3.60. The summed E-state index contributed by atoms with van der Waals surface area (Å²) in [6, 6.07) is 0. The first-order valence-corrected chi connectivity index (χ1v) is 7.07. The maximum absolute atomic E-state index is 2.22. The lowest BCUT2D eigenvalue weighted by molar-refractivity contribution is 0.437. The molecule has 0 aromatic rings. The third-order valence-corrected chi connectivity index (χ3v) is 2.15. The van der Waals surface area contributed by atoms with Crippen LogP contribution in [0.5, 0.6) is 0 Å². The molecule has 0 fully saturated rings. The highest BCUT2D eigenvalue weighted by atomic mass is 32.2. The first-order valence-electron chi connectivity index (χ1n) is 5.68. The fourth-order valence-corrected chi connectivity index (χ4v) is 0.822. The van der Waals surface area contributed by atoms with Gasteiger partial charge >= 0.3 is 0 Å². The van der Waals surface area contributed by atoms with Crippen molar-refractivity contribution in [1.29, 1.82) is 0 Å². The minimum absolute atomic E-state index is 0.884. The number of nitrogens with zero attached hydrogens (tertiary/aromatic N) is 1. The average Bonchev–Trinajstić information content (AvgIpc) is 2.18. The van der Waals surface area contributed by atoms with Gasteiger partial charge in [-0.15, -0.1) is 0 Å². The van der Waals surface area contributed by atoms with Gasteiger partial charge in [-0.25, -0.2) is 0 Å². The van der Waals surface area contributed by atoms with Crippen molar-refractivity contribution >= 4 is 11.8 Å². The Bertz CT molecular complexity index is 72.7. The molecule has 2 heteroatoms. The molecule has 0 aliphatic heterocycles. The van der Waals surface area contributed by atoms with Crippen molar-refractivity contribution in [2.45, 2.75) is 41.0 Å². The smallest absolute Gasteiger partial charge is 0.00661 e. The molecule has 0 N–H and O–H groups in total. The Hall–Kier alpha value is 0.310. The van der Waals surface area contributed by atoms with E-state index in [1.165, 1.54) is 18.7 Å². The van der Waals surface area contributed by atoms with Gasteiger partial charge in [0.1, 0.15) is 0 Å². The zero-order valence-corrected chi connectivity index (χ0v) is 12.4. The summed E-state index contributed by atoms with van der Waals surface area (Å²) < 4.78 is 0. The molecule has 0 aromatic carbocycles. The lowest BCUT2D eigenvalue weighted by Gasteiger charge is -2.05. The van der Waals surface area contributed by atoms with Gasteiger partial charge in [0.05, 0.1) is 0 Å². The maximum Gasteiger partial charge on any atom is 0.00661 e. The Labute approximate surface area is 96.6 Å². The van der Waals surface area contributed by atoms with Crippen LogP contribution in [-0.4, -0.2) is 37.5 Å². The highest BCUT2D eigenvalue weighted by Gasteiger charge is 1.84. The van der Waals surface area contributed by atoms with E-state index < -0.39 is 0 Å². The molecule has 0 aromatic heterocycles. The Balaban J connectivity index is -0.000000152. The molecule has 0 aliphatic carbocycles. The second kappa shape index (κ2) is 19.0. The van der Waals surface area contributed by atoms with Gasteiger partial charge in [-0.1, -0.05) is 41.0 Å². The first-order chi connectivity index (χ1) is 6.54. The molecule has 0 radical (unpaired) electrons. The number of thioether (sulfide) groups is 1. The van der Waals surface area contributed by atoms with Crippen LogP contribution >= 0.6 is 11.8 Å². The van der Waals surface area contributed by atoms with Crippen LogP contribution in [0.4, 0.5) is 0 Å². The van der Waals surface area contributed by atoms with Crippen LogP contribution in [0.1, 0.15) is 41.0 Å². The quantitative estimate of drug-likeness (QED) is 0.706. The van der Waals surface area contributed by atoms with E-state index in [0.717, 1.165) is 5.92 Å². The Morgan fingerprint density at radius 2 is 1.50 bits per heavy atom. The molecular formula is C12H31NS. The summed E-state index contributed by atoms with van der Waals surface area (Å²) >= 11 is 1.89. The van der Waals surface area contributed by atoms with Gasteiger partial charge in [0.2, 0.25) is 0 Å². The van der Waals surface area contributed by atoms with Gasteiger partial charge in [0.25, 0.3) is 0 Å². The van der Waals surface area contributed by atoms with Crippen LogP contribution in [0.25, 0.3) is 0 Å². The minimum Gasteiger partial charge on any atom is -0.309 e. The lowest BCUT2D eigenvalue weighted by Crippen LogP contribution is -2.14. The molecular weight excluding hydrogens is 190 g/mol. The zero-order chi connectivity index (χ0) is 12.0. The fourth-order valence-electron chi connectivity index (χ4n) is 0.274. The van der Waals surface area contributed by atoms with Crippen molar-refractivity contribution in [3.8, 4) is 0 Å². The van der Waals surface area contributed by atoms with Crippen LogP contribution < -0.4 is 0 Å². The summed E-state index contributed by atoms with van der Waals surface area (Å²) in [6.45, 7) is 11.8. The monoisotopic (exact) mass is 221 g/mol. The topological polar surface area (TPSA) is 3.24 Å². The standard InChI is InChI=1S/C5H13NS.C5H12.C2H6/c1-6(2)4-5-7-3;1-4-5(2)3;1-2/h4-5H2,1-3H3;5H,4H2,1-3H3;1-2H3. The van der Waals surface area contributed by atoms with E-state index in [0.29, 0.717) is 0 Å². The highest BCUT2D eigenvalue weighted by molar-refractivity contribution is 7.98. The summed E-state index contributed by atoms with van der Waals surface area (Å²) in [7, 11) is 4.19. The zero-order valence-electron chi connectivity index (χ0n) is 11.6. The maximum atomic E-state index is 2.22. The molecule has 0 saturated carbocycles. The van der Waals surface area contributed by atoms with E-state index in [1.807, 2.05) is 25.6 Å². The molecule has 0 rings (SSSR count). The van der Waals surface area contributed by atoms with Crippen molar-refractivity contribution < 1.29 is 0 Å². The van der Waals surface area contributed by atoms with Gasteiger partial charge in [-0.3, -0.25) is 0 Å². The Kier molecular flexibility index (Phi) is 26.9. The van der Waals surface area contributed by atoms with Gasteiger partial charge in [-0.2, -0.15) is 11.8 Å². The van der Waals surface area contributed by atoms with Crippen molar-refractivity contribution in [3.63, 3.8) is 0 Å². The predicted octanol–water partition coefficient (Wildman–Crippen LogP) is 3.99. The van der Waals surface area contributed by atoms with Gasteiger partial charge in [0.15, 0.2) is 0 Å². The van der Waals surface area contributed by atoms with Crippen LogP contribution in [0.3, 0.4) is 0 Å². The molecule has 0 saturated heterocycles. The molecule has 1 nitrogen and oxygen atoms in total. The van der Waals surface area contributed by atoms with E-state index in [9.17, 15) is 0 Å². The van der Waals surface area contributed by atoms with E-state index in [1.54, 1.807) is 0 Å². The Morgan fingerprint density at radius 3 is 1.57 bits per heavy atom. The van der Waals surface area contributed by atoms with Gasteiger partial charge < -0.3 is 4.90 Å². The number of rotatable bonds is 4. The summed E-state index contributed by atoms with van der Waals surface area (Å²) in [5.74, 6) is 2.13. The van der Waals surface area contributed by atoms with Crippen LogP contribution in [-0.2, 0) is 0 Å². The molecule has 0 spiro atoms. The molecule has 0 heterocycles. The molecule has 0 aliphatic rings.